The van der Waals surface area contributed by atoms with Crippen LogP contribution in [0.1, 0.15) is 24.8 Å². The van der Waals surface area contributed by atoms with Crippen LogP contribution in [0.5, 0.6) is 0 Å². The van der Waals surface area contributed by atoms with Crippen LogP contribution in [0.2, 0.25) is 0 Å². The molecule has 1 saturated heterocycles. The molecule has 1 heterocycles. The number of ether oxygens (including phenoxy) is 1. The highest BCUT2D eigenvalue weighted by atomic mass is 32.2. The van der Waals surface area contributed by atoms with E-state index in [2.05, 4.69) is 0 Å². The molecule has 16 heavy (non-hydrogen) atoms. The number of hydrogen-bond acceptors (Lipinski definition) is 2. The lowest BCUT2D eigenvalue weighted by molar-refractivity contribution is 0.167. The van der Waals surface area contributed by atoms with E-state index in [4.69, 9.17) is 4.74 Å². The van der Waals surface area contributed by atoms with Gasteiger partial charge in [0.25, 0.3) is 0 Å². The summed E-state index contributed by atoms with van der Waals surface area (Å²) in [7, 11) is -1.08. The summed E-state index contributed by atoms with van der Waals surface area (Å²) in [4.78, 5) is 0.840. The standard InChI is InChI=1S/C13H16O2S/c1-11-5-7-13(8-6-11)16(14)10-12-4-2-3-9-15-12/h5-8,10H,2-4,9H2,1H3/b12-10-. The molecule has 0 aliphatic carbocycles. The lowest BCUT2D eigenvalue weighted by Gasteiger charge is -2.15. The van der Waals surface area contributed by atoms with E-state index in [-0.39, 0.29) is 0 Å². The fourth-order valence-electron chi connectivity index (χ4n) is 1.63. The Balaban J connectivity index is 2.09. The van der Waals surface area contributed by atoms with E-state index in [1.54, 1.807) is 5.41 Å². The molecule has 3 heteroatoms. The molecule has 0 saturated carbocycles. The highest BCUT2D eigenvalue weighted by Crippen LogP contribution is 2.19. The first-order chi connectivity index (χ1) is 7.75. The van der Waals surface area contributed by atoms with Crippen LogP contribution in [0.4, 0.5) is 0 Å². The lowest BCUT2D eigenvalue weighted by Crippen LogP contribution is -2.03. The van der Waals surface area contributed by atoms with Crippen LogP contribution < -0.4 is 0 Å². The first-order valence-electron chi connectivity index (χ1n) is 5.56. The van der Waals surface area contributed by atoms with Crippen molar-refractivity contribution in [3.63, 3.8) is 0 Å². The first kappa shape index (κ1) is 11.4. The fourth-order valence-corrected chi connectivity index (χ4v) is 2.59. The molecule has 1 aliphatic rings. The van der Waals surface area contributed by atoms with Crippen molar-refractivity contribution < 1.29 is 8.95 Å². The molecule has 0 radical (unpaired) electrons. The van der Waals surface area contributed by atoms with Gasteiger partial charge in [0, 0.05) is 16.7 Å². The number of allylic oxidation sites excluding steroid dienone is 1. The second kappa shape index (κ2) is 5.30. The van der Waals surface area contributed by atoms with Crippen molar-refractivity contribution in [3.8, 4) is 0 Å². The third-order valence-electron chi connectivity index (χ3n) is 2.60. The largest absolute Gasteiger partial charge is 0.497 e. The summed E-state index contributed by atoms with van der Waals surface area (Å²) in [6.45, 7) is 2.78. The molecule has 86 valence electrons. The molecule has 2 rings (SSSR count). The number of benzene rings is 1. The van der Waals surface area contributed by atoms with Gasteiger partial charge < -0.3 is 4.74 Å². The van der Waals surface area contributed by atoms with Gasteiger partial charge in [0.05, 0.1) is 17.4 Å². The van der Waals surface area contributed by atoms with E-state index >= 15 is 0 Å². The number of rotatable bonds is 2. The van der Waals surface area contributed by atoms with Gasteiger partial charge in [-0.3, -0.25) is 0 Å². The van der Waals surface area contributed by atoms with Crippen molar-refractivity contribution in [2.75, 3.05) is 6.61 Å². The molecule has 0 aromatic heterocycles. The summed E-state index contributed by atoms with van der Waals surface area (Å²) < 4.78 is 17.4. The van der Waals surface area contributed by atoms with Crippen LogP contribution in [-0.2, 0) is 15.5 Å². The van der Waals surface area contributed by atoms with Gasteiger partial charge in [0.1, 0.15) is 5.76 Å². The Morgan fingerprint density at radius 1 is 1.25 bits per heavy atom. The predicted molar refractivity (Wildman–Crippen MR) is 65.5 cm³/mol. The lowest BCUT2D eigenvalue weighted by atomic mass is 10.2. The van der Waals surface area contributed by atoms with Crippen molar-refractivity contribution in [2.45, 2.75) is 31.1 Å². The van der Waals surface area contributed by atoms with Gasteiger partial charge >= 0.3 is 0 Å². The quantitative estimate of drug-likeness (QED) is 0.788. The maximum atomic E-state index is 12.0. The summed E-state index contributed by atoms with van der Waals surface area (Å²) in [6, 6.07) is 7.78. The summed E-state index contributed by atoms with van der Waals surface area (Å²) in [5, 5.41) is 1.74. The molecule has 1 aliphatic heterocycles. The molecular formula is C13H16O2S. The van der Waals surface area contributed by atoms with Crippen molar-refractivity contribution in [3.05, 3.63) is 41.0 Å². The second-order valence-electron chi connectivity index (χ2n) is 4.00. The normalized spacial score (nSPS) is 20.4. The highest BCUT2D eigenvalue weighted by Gasteiger charge is 2.08. The van der Waals surface area contributed by atoms with E-state index < -0.39 is 10.8 Å². The topological polar surface area (TPSA) is 26.3 Å². The zero-order valence-corrected chi connectivity index (χ0v) is 10.3. The van der Waals surface area contributed by atoms with Crippen LogP contribution in [0.3, 0.4) is 0 Å². The fraction of sp³-hybridized carbons (Fsp3) is 0.385. The maximum absolute atomic E-state index is 12.0. The van der Waals surface area contributed by atoms with Gasteiger partial charge in [0.2, 0.25) is 0 Å². The molecule has 0 amide bonds. The van der Waals surface area contributed by atoms with Crippen LogP contribution in [-0.4, -0.2) is 10.8 Å². The van der Waals surface area contributed by atoms with Crippen molar-refractivity contribution in [1.29, 1.82) is 0 Å². The van der Waals surface area contributed by atoms with Crippen LogP contribution in [0.15, 0.2) is 40.3 Å². The number of aryl methyl sites for hydroxylation is 1. The van der Waals surface area contributed by atoms with Crippen molar-refractivity contribution >= 4 is 10.8 Å². The number of hydrogen-bond donors (Lipinski definition) is 0. The Hall–Kier alpha value is -1.09. The summed E-state index contributed by atoms with van der Waals surface area (Å²) in [5.74, 6) is 0.880. The molecular weight excluding hydrogens is 220 g/mol. The summed E-state index contributed by atoms with van der Waals surface area (Å²) in [5.41, 5.74) is 1.18. The van der Waals surface area contributed by atoms with E-state index in [9.17, 15) is 4.21 Å². The van der Waals surface area contributed by atoms with Crippen LogP contribution in [0.25, 0.3) is 0 Å². The van der Waals surface area contributed by atoms with E-state index in [0.29, 0.717) is 0 Å². The molecule has 1 aromatic rings. The SMILES string of the molecule is Cc1ccc(S(=O)/C=C2/CCCCO2)cc1. The highest BCUT2D eigenvalue weighted by molar-refractivity contribution is 7.88. The molecule has 1 unspecified atom stereocenters. The van der Waals surface area contributed by atoms with Gasteiger partial charge in [-0.1, -0.05) is 17.7 Å². The first-order valence-corrected chi connectivity index (χ1v) is 6.78. The van der Waals surface area contributed by atoms with Gasteiger partial charge in [0.15, 0.2) is 0 Å². The molecule has 1 atom stereocenters. The minimum absolute atomic E-state index is 0.761. The molecule has 0 N–H and O–H groups in total. The summed E-state index contributed by atoms with van der Waals surface area (Å²) >= 11 is 0. The maximum Gasteiger partial charge on any atom is 0.105 e. The molecule has 0 bridgehead atoms. The van der Waals surface area contributed by atoms with E-state index in [1.807, 2.05) is 31.2 Å². The Labute approximate surface area is 98.8 Å². The predicted octanol–water partition coefficient (Wildman–Crippen LogP) is 3.14. The Bertz CT molecular complexity index is 398. The zero-order valence-electron chi connectivity index (χ0n) is 9.44. The van der Waals surface area contributed by atoms with Crippen LogP contribution in [0, 0.1) is 6.92 Å². The van der Waals surface area contributed by atoms with Gasteiger partial charge in [-0.2, -0.15) is 0 Å². The third-order valence-corrected chi connectivity index (χ3v) is 3.81. The minimum Gasteiger partial charge on any atom is -0.497 e. The third kappa shape index (κ3) is 2.95. The molecule has 2 nitrogen and oxygen atoms in total. The average Bonchev–Trinajstić information content (AvgIpc) is 2.31. The average molecular weight is 236 g/mol. The van der Waals surface area contributed by atoms with Gasteiger partial charge in [-0.25, -0.2) is 4.21 Å². The molecule has 1 aromatic carbocycles. The van der Waals surface area contributed by atoms with E-state index in [0.717, 1.165) is 36.5 Å². The van der Waals surface area contributed by atoms with Crippen LogP contribution >= 0.6 is 0 Å². The monoisotopic (exact) mass is 236 g/mol. The van der Waals surface area contributed by atoms with Crippen molar-refractivity contribution in [1.82, 2.24) is 0 Å². The van der Waals surface area contributed by atoms with Gasteiger partial charge in [-0.05, 0) is 31.9 Å². The van der Waals surface area contributed by atoms with Crippen molar-refractivity contribution in [2.24, 2.45) is 0 Å². The van der Waals surface area contributed by atoms with Gasteiger partial charge in [-0.15, -0.1) is 0 Å². The van der Waals surface area contributed by atoms with E-state index in [1.165, 1.54) is 5.56 Å². The summed E-state index contributed by atoms with van der Waals surface area (Å²) in [6.07, 6.45) is 3.16. The molecule has 0 spiro atoms. The zero-order chi connectivity index (χ0) is 11.4. The smallest absolute Gasteiger partial charge is 0.105 e. The Morgan fingerprint density at radius 3 is 2.62 bits per heavy atom. The Kier molecular flexibility index (Phi) is 3.78. The minimum atomic E-state index is -1.08. The molecule has 1 fully saturated rings. The second-order valence-corrected chi connectivity index (χ2v) is 5.30. The Morgan fingerprint density at radius 2 is 2.00 bits per heavy atom.